The first kappa shape index (κ1) is 11.7. The third kappa shape index (κ3) is 9.73. The van der Waals surface area contributed by atoms with E-state index in [1.165, 1.54) is 0 Å². The smallest absolute Gasteiger partial charge is 0.0291 e. The Morgan fingerprint density at radius 2 is 1.75 bits per heavy atom. The molecule has 1 nitrogen and oxygen atoms in total. The van der Waals surface area contributed by atoms with Crippen LogP contribution in [0.3, 0.4) is 0 Å². The number of hydrogen-bond donors (Lipinski definition) is 1. The first-order valence-corrected chi connectivity index (χ1v) is 4.59. The van der Waals surface area contributed by atoms with E-state index in [1.807, 2.05) is 12.2 Å². The zero-order valence-electron chi connectivity index (χ0n) is 8.10. The molecule has 0 radical (unpaired) electrons. The lowest BCUT2D eigenvalue weighted by atomic mass is 9.92. The average molecular weight is 188 g/mol. The molecular formula is C10H18ClN. The molecule has 0 unspecified atom stereocenters. The van der Waals surface area contributed by atoms with Gasteiger partial charge in [0, 0.05) is 6.54 Å². The zero-order chi connectivity index (χ0) is 9.45. The molecule has 0 aliphatic carbocycles. The van der Waals surface area contributed by atoms with Gasteiger partial charge in [-0.1, -0.05) is 45.1 Å². The van der Waals surface area contributed by atoms with Gasteiger partial charge in [0.1, 0.15) is 0 Å². The number of hydrogen-bond acceptors (Lipinski definition) is 1. The van der Waals surface area contributed by atoms with Gasteiger partial charge in [0.15, 0.2) is 0 Å². The highest BCUT2D eigenvalue weighted by atomic mass is 35.5. The Hall–Kier alpha value is -0.270. The summed E-state index contributed by atoms with van der Waals surface area (Å²) in [4.78, 5) is 2.53. The van der Waals surface area contributed by atoms with E-state index in [0.29, 0.717) is 12.0 Å². The molecule has 0 aliphatic heterocycles. The zero-order valence-corrected chi connectivity index (χ0v) is 8.86. The van der Waals surface area contributed by atoms with Crippen molar-refractivity contribution in [1.29, 1.82) is 0 Å². The van der Waals surface area contributed by atoms with Gasteiger partial charge in [-0.3, -0.25) is 0 Å². The Morgan fingerprint density at radius 3 is 2.25 bits per heavy atom. The Balaban J connectivity index is 3.50. The second-order valence-electron chi connectivity index (χ2n) is 3.96. The SMILES string of the molecule is CC(C)(C)C/C=C\C=C/CNCl. The van der Waals surface area contributed by atoms with Crippen LogP contribution < -0.4 is 4.84 Å². The first-order chi connectivity index (χ1) is 5.56. The predicted octanol–water partition coefficient (Wildman–Crippen LogP) is 3.28. The summed E-state index contributed by atoms with van der Waals surface area (Å²) < 4.78 is 0. The van der Waals surface area contributed by atoms with Gasteiger partial charge in [0.25, 0.3) is 0 Å². The van der Waals surface area contributed by atoms with Gasteiger partial charge in [0.2, 0.25) is 0 Å². The van der Waals surface area contributed by atoms with Crippen LogP contribution >= 0.6 is 11.8 Å². The van der Waals surface area contributed by atoms with Crippen LogP contribution in [0.25, 0.3) is 0 Å². The van der Waals surface area contributed by atoms with Gasteiger partial charge >= 0.3 is 0 Å². The van der Waals surface area contributed by atoms with Crippen molar-refractivity contribution >= 4 is 11.8 Å². The minimum atomic E-state index is 0.384. The molecule has 0 aromatic carbocycles. The van der Waals surface area contributed by atoms with Gasteiger partial charge in [-0.2, -0.15) is 0 Å². The normalized spacial score (nSPS) is 13.3. The largest absolute Gasteiger partial charge is 0.230 e. The highest BCUT2D eigenvalue weighted by Gasteiger charge is 2.05. The summed E-state index contributed by atoms with van der Waals surface area (Å²) in [5.74, 6) is 0. The molecule has 0 atom stereocenters. The molecule has 0 rings (SSSR count). The van der Waals surface area contributed by atoms with Crippen molar-refractivity contribution in [2.45, 2.75) is 27.2 Å². The topological polar surface area (TPSA) is 12.0 Å². The molecule has 2 heteroatoms. The lowest BCUT2D eigenvalue weighted by Crippen LogP contribution is -2.01. The third-order valence-corrected chi connectivity index (χ3v) is 1.46. The van der Waals surface area contributed by atoms with Crippen molar-refractivity contribution in [2.24, 2.45) is 5.41 Å². The van der Waals surface area contributed by atoms with Gasteiger partial charge in [-0.05, 0) is 23.6 Å². The Bertz CT molecular complexity index is 154. The van der Waals surface area contributed by atoms with Crippen LogP contribution in [0.4, 0.5) is 0 Å². The van der Waals surface area contributed by atoms with Crippen LogP contribution in [0.5, 0.6) is 0 Å². The van der Waals surface area contributed by atoms with E-state index < -0.39 is 0 Å². The maximum absolute atomic E-state index is 5.26. The molecule has 0 spiro atoms. The van der Waals surface area contributed by atoms with E-state index >= 15 is 0 Å². The summed E-state index contributed by atoms with van der Waals surface area (Å²) in [6, 6.07) is 0. The van der Waals surface area contributed by atoms with Crippen molar-refractivity contribution < 1.29 is 0 Å². The maximum Gasteiger partial charge on any atom is 0.0291 e. The quantitative estimate of drug-likeness (QED) is 0.526. The molecule has 0 saturated heterocycles. The molecule has 0 heterocycles. The number of halogens is 1. The minimum Gasteiger partial charge on any atom is -0.230 e. The fraction of sp³-hybridized carbons (Fsp3) is 0.600. The summed E-state index contributed by atoms with van der Waals surface area (Å²) in [6.07, 6.45) is 9.31. The highest BCUT2D eigenvalue weighted by Crippen LogP contribution is 2.18. The Morgan fingerprint density at radius 1 is 1.17 bits per heavy atom. The van der Waals surface area contributed by atoms with Crippen LogP contribution in [0, 0.1) is 5.41 Å². The monoisotopic (exact) mass is 187 g/mol. The first-order valence-electron chi connectivity index (χ1n) is 4.21. The molecule has 70 valence electrons. The summed E-state index contributed by atoms with van der Waals surface area (Å²) >= 11 is 5.26. The average Bonchev–Trinajstić information content (AvgIpc) is 1.94. The molecule has 1 N–H and O–H groups in total. The number of allylic oxidation sites excluding steroid dienone is 3. The predicted molar refractivity (Wildman–Crippen MR) is 56.2 cm³/mol. The molecule has 0 aliphatic rings. The van der Waals surface area contributed by atoms with Crippen LogP contribution in [0.2, 0.25) is 0 Å². The fourth-order valence-corrected chi connectivity index (χ4v) is 0.780. The molecule has 0 saturated carbocycles. The lowest BCUT2D eigenvalue weighted by molar-refractivity contribution is 0.420. The maximum atomic E-state index is 5.26. The van der Waals surface area contributed by atoms with E-state index in [9.17, 15) is 0 Å². The van der Waals surface area contributed by atoms with Crippen molar-refractivity contribution in [3.05, 3.63) is 24.3 Å². The van der Waals surface area contributed by atoms with Gasteiger partial charge < -0.3 is 0 Å². The third-order valence-electron chi connectivity index (χ3n) is 1.31. The number of rotatable bonds is 4. The second-order valence-corrected chi connectivity index (χ2v) is 4.23. The Kier molecular flexibility index (Phi) is 6.13. The molecular weight excluding hydrogens is 170 g/mol. The van der Waals surface area contributed by atoms with E-state index in [0.717, 1.165) is 6.42 Å². The summed E-state index contributed by atoms with van der Waals surface area (Å²) in [7, 11) is 0. The van der Waals surface area contributed by atoms with Crippen LogP contribution in [-0.2, 0) is 0 Å². The van der Waals surface area contributed by atoms with Gasteiger partial charge in [-0.25, -0.2) is 4.84 Å². The van der Waals surface area contributed by atoms with Gasteiger partial charge in [-0.15, -0.1) is 0 Å². The van der Waals surface area contributed by atoms with Crippen molar-refractivity contribution in [1.82, 2.24) is 4.84 Å². The molecule has 0 fully saturated rings. The molecule has 0 aromatic rings. The van der Waals surface area contributed by atoms with Crippen molar-refractivity contribution in [3.8, 4) is 0 Å². The van der Waals surface area contributed by atoms with Crippen molar-refractivity contribution in [2.75, 3.05) is 6.54 Å². The van der Waals surface area contributed by atoms with Crippen molar-refractivity contribution in [3.63, 3.8) is 0 Å². The van der Waals surface area contributed by atoms with Crippen LogP contribution in [0.1, 0.15) is 27.2 Å². The van der Waals surface area contributed by atoms with E-state index in [1.54, 1.807) is 0 Å². The summed E-state index contributed by atoms with van der Waals surface area (Å²) in [5.41, 5.74) is 0.384. The van der Waals surface area contributed by atoms with Crippen LogP contribution in [0.15, 0.2) is 24.3 Å². The Labute approximate surface area is 80.6 Å². The second kappa shape index (κ2) is 6.27. The van der Waals surface area contributed by atoms with Crippen LogP contribution in [-0.4, -0.2) is 6.54 Å². The number of nitrogens with one attached hydrogen (secondary N) is 1. The summed E-state index contributed by atoms with van der Waals surface area (Å²) in [5, 5.41) is 0. The minimum absolute atomic E-state index is 0.384. The summed E-state index contributed by atoms with van der Waals surface area (Å²) in [6.45, 7) is 7.38. The standard InChI is InChI=1S/C10H18ClN/c1-10(2,3)8-6-4-5-7-9-12-11/h4-7,12H,8-9H2,1-3H3/b6-4-,7-5-. The van der Waals surface area contributed by atoms with Gasteiger partial charge in [0.05, 0.1) is 0 Å². The fourth-order valence-electron chi connectivity index (χ4n) is 0.691. The molecule has 0 amide bonds. The van der Waals surface area contributed by atoms with E-state index in [4.69, 9.17) is 11.8 Å². The van der Waals surface area contributed by atoms with E-state index in [2.05, 4.69) is 37.8 Å². The lowest BCUT2D eigenvalue weighted by Gasteiger charge is -2.13. The molecule has 0 aromatic heterocycles. The molecule has 12 heavy (non-hydrogen) atoms. The van der Waals surface area contributed by atoms with E-state index in [-0.39, 0.29) is 0 Å². The highest BCUT2D eigenvalue weighted by molar-refractivity contribution is 6.13. The molecule has 0 bridgehead atoms.